The monoisotopic (exact) mass is 559 g/mol. The molecule has 1 aromatic carbocycles. The standard InChI is InChI=1S/C32H38FN5O3/c1-19(2)26-35-28(37-40-26)31-11-8-30(9-12-31,10-13-31)18-38(29(39)32-15-22(16-32)24(33)17-32)23-5-3-4-21(14-23)27-34-25(36-41-27)20-6-7-20/h3-5,14,19-20,22,24H,6-13,15-18H2,1-2H3. The molecule has 7 aliphatic rings. The van der Waals surface area contributed by atoms with Crippen LogP contribution in [-0.4, -0.2) is 38.9 Å². The van der Waals surface area contributed by atoms with Crippen molar-refractivity contribution >= 4 is 11.6 Å². The minimum Gasteiger partial charge on any atom is -0.339 e. The van der Waals surface area contributed by atoms with Crippen molar-refractivity contribution in [2.75, 3.05) is 11.4 Å². The van der Waals surface area contributed by atoms with Gasteiger partial charge in [-0.1, -0.05) is 30.2 Å². The van der Waals surface area contributed by atoms with Crippen molar-refractivity contribution in [3.05, 3.63) is 41.8 Å². The molecular formula is C32H38FN5O3. The molecule has 2 aromatic heterocycles. The fourth-order valence-corrected chi connectivity index (χ4v) is 8.26. The first-order chi connectivity index (χ1) is 19.8. The summed E-state index contributed by atoms with van der Waals surface area (Å²) in [6.45, 7) is 4.80. The van der Waals surface area contributed by atoms with Crippen LogP contribution in [0.1, 0.15) is 114 Å². The number of aromatic nitrogens is 4. The highest BCUT2D eigenvalue weighted by Gasteiger charge is 2.62. The Kier molecular flexibility index (Phi) is 5.59. The van der Waals surface area contributed by atoms with Crippen LogP contribution in [0.5, 0.6) is 0 Å². The SMILES string of the molecule is CC(C)c1nc(C23CCC(CN(C(=O)C45CC(F)C(C4)C5)c4cccc(-c5nc(C6CC6)no5)c4)(CC2)CC3)no1. The van der Waals surface area contributed by atoms with Crippen LogP contribution < -0.4 is 4.90 Å². The van der Waals surface area contributed by atoms with E-state index in [1.807, 2.05) is 29.2 Å². The smallest absolute Gasteiger partial charge is 0.258 e. The first kappa shape index (κ1) is 25.6. The van der Waals surface area contributed by atoms with Crippen molar-refractivity contribution in [1.29, 1.82) is 0 Å². The normalized spacial score (nSPS) is 33.8. The van der Waals surface area contributed by atoms with Crippen LogP contribution in [0.15, 0.2) is 33.3 Å². The molecule has 7 saturated carbocycles. The maximum absolute atomic E-state index is 14.6. The molecule has 1 atom stereocenters. The summed E-state index contributed by atoms with van der Waals surface area (Å²) in [7, 11) is 0. The number of carbonyl (C=O) groups is 1. The number of hydrogen-bond acceptors (Lipinski definition) is 7. The summed E-state index contributed by atoms with van der Waals surface area (Å²) in [6, 6.07) is 7.95. The Morgan fingerprint density at radius 2 is 1.78 bits per heavy atom. The third-order valence-electron chi connectivity index (χ3n) is 11.2. The van der Waals surface area contributed by atoms with Gasteiger partial charge in [0, 0.05) is 35.0 Å². The minimum atomic E-state index is -0.861. The molecule has 0 N–H and O–H groups in total. The highest BCUT2D eigenvalue weighted by atomic mass is 19.1. The van der Waals surface area contributed by atoms with Crippen LogP contribution in [0.2, 0.25) is 0 Å². The van der Waals surface area contributed by atoms with Crippen LogP contribution in [0.4, 0.5) is 10.1 Å². The molecule has 8 nitrogen and oxygen atoms in total. The maximum atomic E-state index is 14.6. The minimum absolute atomic E-state index is 0.0230. The molecule has 3 aromatic rings. The summed E-state index contributed by atoms with van der Waals surface area (Å²) in [5.74, 6) is 3.58. The number of carbonyl (C=O) groups excluding carboxylic acids is 1. The van der Waals surface area contributed by atoms with Gasteiger partial charge in [0.15, 0.2) is 11.6 Å². The second-order valence-electron chi connectivity index (χ2n) is 14.2. The Labute approximate surface area is 239 Å². The number of fused-ring (bicyclic) bond motifs is 4. The molecule has 4 bridgehead atoms. The van der Waals surface area contributed by atoms with Gasteiger partial charge >= 0.3 is 0 Å². The van der Waals surface area contributed by atoms with Gasteiger partial charge in [0.05, 0.1) is 5.41 Å². The van der Waals surface area contributed by atoms with Crippen LogP contribution in [0.25, 0.3) is 11.5 Å². The van der Waals surface area contributed by atoms with Gasteiger partial charge in [-0.05, 0) is 100 Å². The van der Waals surface area contributed by atoms with Crippen molar-refractivity contribution in [3.63, 3.8) is 0 Å². The molecule has 10 rings (SSSR count). The highest BCUT2D eigenvalue weighted by Crippen LogP contribution is 2.62. The number of halogens is 1. The van der Waals surface area contributed by atoms with Gasteiger partial charge < -0.3 is 13.9 Å². The third-order valence-corrected chi connectivity index (χ3v) is 11.2. The summed E-state index contributed by atoms with van der Waals surface area (Å²) in [5.41, 5.74) is 1.09. The van der Waals surface area contributed by atoms with E-state index >= 15 is 0 Å². The predicted molar refractivity (Wildman–Crippen MR) is 149 cm³/mol. The van der Waals surface area contributed by atoms with Crippen molar-refractivity contribution in [2.24, 2.45) is 16.7 Å². The summed E-state index contributed by atoms with van der Waals surface area (Å²) >= 11 is 0. The molecule has 1 unspecified atom stereocenters. The van der Waals surface area contributed by atoms with E-state index in [9.17, 15) is 9.18 Å². The topological polar surface area (TPSA) is 98.2 Å². The van der Waals surface area contributed by atoms with Gasteiger partial charge in [-0.2, -0.15) is 9.97 Å². The molecule has 0 radical (unpaired) electrons. The number of nitrogens with zero attached hydrogens (tertiary/aromatic N) is 5. The van der Waals surface area contributed by atoms with Crippen molar-refractivity contribution in [1.82, 2.24) is 20.3 Å². The second-order valence-corrected chi connectivity index (χ2v) is 14.2. The lowest BCUT2D eigenvalue weighted by Crippen LogP contribution is -2.54. The third kappa shape index (κ3) is 4.08. The van der Waals surface area contributed by atoms with Crippen LogP contribution in [0, 0.1) is 16.7 Å². The molecule has 0 spiro atoms. The average molecular weight is 560 g/mol. The number of rotatable bonds is 8. The average Bonchev–Trinajstić information content (AvgIpc) is 3.32. The van der Waals surface area contributed by atoms with Crippen LogP contribution in [0.3, 0.4) is 0 Å². The molecule has 2 heterocycles. The Morgan fingerprint density at radius 3 is 2.41 bits per heavy atom. The van der Waals surface area contributed by atoms with E-state index < -0.39 is 11.6 Å². The Hall–Kier alpha value is -3.10. The van der Waals surface area contributed by atoms with E-state index in [1.165, 1.54) is 0 Å². The van der Waals surface area contributed by atoms with Gasteiger partial charge in [-0.15, -0.1) is 0 Å². The van der Waals surface area contributed by atoms with Crippen molar-refractivity contribution in [2.45, 2.75) is 108 Å². The summed E-state index contributed by atoms with van der Waals surface area (Å²) in [4.78, 5) is 25.8. The summed E-state index contributed by atoms with van der Waals surface area (Å²) in [6.07, 6.45) is 9.07. The molecule has 216 valence electrons. The second kappa shape index (κ2) is 8.95. The van der Waals surface area contributed by atoms with E-state index in [0.29, 0.717) is 43.5 Å². The van der Waals surface area contributed by atoms with Crippen molar-refractivity contribution < 1.29 is 18.2 Å². The van der Waals surface area contributed by atoms with Gasteiger partial charge in [-0.3, -0.25) is 4.79 Å². The van der Waals surface area contributed by atoms with E-state index in [0.717, 1.165) is 74.3 Å². The molecule has 0 saturated heterocycles. The molecular weight excluding hydrogens is 521 g/mol. The van der Waals surface area contributed by atoms with Gasteiger partial charge in [-0.25, -0.2) is 4.39 Å². The summed E-state index contributed by atoms with van der Waals surface area (Å²) in [5, 5.41) is 8.60. The van der Waals surface area contributed by atoms with E-state index in [2.05, 4.69) is 29.1 Å². The first-order valence-corrected chi connectivity index (χ1v) is 15.5. The highest BCUT2D eigenvalue weighted by molar-refractivity contribution is 5.99. The summed E-state index contributed by atoms with van der Waals surface area (Å²) < 4.78 is 25.8. The number of hydrogen-bond donors (Lipinski definition) is 0. The Balaban J connectivity index is 1.08. The number of benzene rings is 1. The Bertz CT molecular complexity index is 1460. The zero-order chi connectivity index (χ0) is 28.0. The fourth-order valence-electron chi connectivity index (χ4n) is 8.26. The predicted octanol–water partition coefficient (Wildman–Crippen LogP) is 6.88. The number of amides is 1. The fraction of sp³-hybridized carbons (Fsp3) is 0.656. The maximum Gasteiger partial charge on any atom is 0.258 e. The van der Waals surface area contributed by atoms with Crippen LogP contribution in [-0.2, 0) is 10.2 Å². The van der Waals surface area contributed by atoms with Gasteiger partial charge in [0.25, 0.3) is 5.89 Å². The molecule has 0 aliphatic heterocycles. The van der Waals surface area contributed by atoms with E-state index in [-0.39, 0.29) is 28.6 Å². The lowest BCUT2D eigenvalue weighted by atomic mass is 9.53. The van der Waals surface area contributed by atoms with Crippen molar-refractivity contribution in [3.8, 4) is 11.5 Å². The lowest BCUT2D eigenvalue weighted by molar-refractivity contribution is -0.132. The molecule has 7 fully saturated rings. The molecule has 41 heavy (non-hydrogen) atoms. The first-order valence-electron chi connectivity index (χ1n) is 15.5. The zero-order valence-corrected chi connectivity index (χ0v) is 23.9. The lowest BCUT2D eigenvalue weighted by Gasteiger charge is -2.54. The molecule has 1 amide bonds. The van der Waals surface area contributed by atoms with Crippen LogP contribution >= 0.6 is 0 Å². The van der Waals surface area contributed by atoms with E-state index in [4.69, 9.17) is 14.0 Å². The Morgan fingerprint density at radius 1 is 1.02 bits per heavy atom. The van der Waals surface area contributed by atoms with Gasteiger partial charge in [0.2, 0.25) is 11.8 Å². The zero-order valence-electron chi connectivity index (χ0n) is 23.9. The van der Waals surface area contributed by atoms with Gasteiger partial charge in [0.1, 0.15) is 6.17 Å². The number of anilines is 1. The van der Waals surface area contributed by atoms with E-state index in [1.54, 1.807) is 0 Å². The molecule has 9 heteroatoms. The quantitative estimate of drug-likeness (QED) is 0.297. The molecule has 7 aliphatic carbocycles. The largest absolute Gasteiger partial charge is 0.339 e. The number of alkyl halides is 1.